The summed E-state index contributed by atoms with van der Waals surface area (Å²) in [6.45, 7) is 2.08. The van der Waals surface area contributed by atoms with Crippen LogP contribution in [0.4, 0.5) is 0 Å². The van der Waals surface area contributed by atoms with Gasteiger partial charge in [-0.1, -0.05) is 36.0 Å². The van der Waals surface area contributed by atoms with Crippen molar-refractivity contribution >= 4 is 23.7 Å². The predicted molar refractivity (Wildman–Crippen MR) is 84.3 cm³/mol. The molecule has 0 unspecified atom stereocenters. The third kappa shape index (κ3) is 3.68. The summed E-state index contributed by atoms with van der Waals surface area (Å²) in [5.41, 5.74) is 0.947. The lowest BCUT2D eigenvalue weighted by atomic mass is 10.2. The number of carbonyl (C=O) groups excluding carboxylic acids is 2. The van der Waals surface area contributed by atoms with Gasteiger partial charge in [0, 0.05) is 9.79 Å². The standard InChI is InChI=1S/C17H16O4S/c1-3-21-17(19)13-9-5-7-11-15(13)22-14-10-6-4-8-12(14)16(18)20-2/h4-11H,3H2,1-2H3. The van der Waals surface area contributed by atoms with E-state index in [0.717, 1.165) is 9.79 Å². The molecule has 114 valence electrons. The molecule has 0 fully saturated rings. The van der Waals surface area contributed by atoms with Gasteiger partial charge in [0.1, 0.15) is 0 Å². The molecule has 0 spiro atoms. The molecule has 0 N–H and O–H groups in total. The van der Waals surface area contributed by atoms with Crippen LogP contribution >= 0.6 is 11.8 Å². The lowest BCUT2D eigenvalue weighted by molar-refractivity contribution is 0.0521. The van der Waals surface area contributed by atoms with Gasteiger partial charge in [0.25, 0.3) is 0 Å². The molecule has 0 atom stereocenters. The van der Waals surface area contributed by atoms with Crippen LogP contribution < -0.4 is 0 Å². The molecule has 2 aromatic rings. The van der Waals surface area contributed by atoms with E-state index < -0.39 is 5.97 Å². The van der Waals surface area contributed by atoms with E-state index in [-0.39, 0.29) is 5.97 Å². The molecular formula is C17H16O4S. The number of benzene rings is 2. The third-order valence-electron chi connectivity index (χ3n) is 2.89. The van der Waals surface area contributed by atoms with E-state index in [2.05, 4.69) is 0 Å². The van der Waals surface area contributed by atoms with Crippen LogP contribution in [-0.4, -0.2) is 25.7 Å². The predicted octanol–water partition coefficient (Wildman–Crippen LogP) is 3.80. The van der Waals surface area contributed by atoms with Crippen molar-refractivity contribution in [2.24, 2.45) is 0 Å². The minimum atomic E-state index is -0.406. The Morgan fingerprint density at radius 2 is 1.41 bits per heavy atom. The summed E-state index contributed by atoms with van der Waals surface area (Å²) in [5.74, 6) is -0.780. The molecule has 0 bridgehead atoms. The topological polar surface area (TPSA) is 52.6 Å². The Morgan fingerprint density at radius 1 is 0.909 bits per heavy atom. The van der Waals surface area contributed by atoms with Crippen LogP contribution in [-0.2, 0) is 9.47 Å². The summed E-state index contributed by atoms with van der Waals surface area (Å²) in [7, 11) is 1.34. The van der Waals surface area contributed by atoms with Crippen LogP contribution in [0.3, 0.4) is 0 Å². The van der Waals surface area contributed by atoms with Gasteiger partial charge in [-0.25, -0.2) is 9.59 Å². The van der Waals surface area contributed by atoms with Crippen molar-refractivity contribution in [3.63, 3.8) is 0 Å². The first kappa shape index (κ1) is 16.1. The maximum absolute atomic E-state index is 12.0. The lowest BCUT2D eigenvalue weighted by Crippen LogP contribution is -2.06. The number of esters is 2. The largest absolute Gasteiger partial charge is 0.465 e. The van der Waals surface area contributed by atoms with Crippen molar-refractivity contribution in [1.82, 2.24) is 0 Å². The first-order chi connectivity index (χ1) is 10.7. The summed E-state index contributed by atoms with van der Waals surface area (Å²) in [5, 5.41) is 0. The molecule has 2 rings (SSSR count). The second-order valence-electron chi connectivity index (χ2n) is 4.31. The summed E-state index contributed by atoms with van der Waals surface area (Å²) in [6, 6.07) is 14.3. The van der Waals surface area contributed by atoms with Crippen LogP contribution in [0.15, 0.2) is 58.3 Å². The number of carbonyl (C=O) groups is 2. The molecule has 0 saturated carbocycles. The molecule has 0 aliphatic rings. The van der Waals surface area contributed by atoms with Crippen molar-refractivity contribution in [2.75, 3.05) is 13.7 Å². The summed E-state index contributed by atoms with van der Waals surface area (Å²) in [4.78, 5) is 25.3. The van der Waals surface area contributed by atoms with Gasteiger partial charge in [0.15, 0.2) is 0 Å². The van der Waals surface area contributed by atoms with E-state index in [1.54, 1.807) is 31.2 Å². The normalized spacial score (nSPS) is 10.1. The zero-order chi connectivity index (χ0) is 15.9. The van der Waals surface area contributed by atoms with E-state index in [4.69, 9.17) is 9.47 Å². The fourth-order valence-electron chi connectivity index (χ4n) is 1.89. The quantitative estimate of drug-likeness (QED) is 0.785. The average molecular weight is 316 g/mol. The molecule has 0 amide bonds. The van der Waals surface area contributed by atoms with Crippen LogP contribution in [0.25, 0.3) is 0 Å². The zero-order valence-electron chi connectivity index (χ0n) is 12.4. The molecular weight excluding hydrogens is 300 g/mol. The summed E-state index contributed by atoms with van der Waals surface area (Å²) < 4.78 is 9.85. The Bertz CT molecular complexity index is 682. The Hall–Kier alpha value is -2.27. The Kier molecular flexibility index (Phi) is 5.61. The Balaban J connectivity index is 2.36. The minimum absolute atomic E-state index is 0.316. The molecule has 0 aromatic heterocycles. The van der Waals surface area contributed by atoms with Crippen molar-refractivity contribution in [3.8, 4) is 0 Å². The zero-order valence-corrected chi connectivity index (χ0v) is 13.2. The Labute approximate surface area is 133 Å². The van der Waals surface area contributed by atoms with Gasteiger partial charge in [0.05, 0.1) is 24.8 Å². The highest BCUT2D eigenvalue weighted by Gasteiger charge is 2.16. The number of hydrogen-bond acceptors (Lipinski definition) is 5. The van der Waals surface area contributed by atoms with Gasteiger partial charge in [0.2, 0.25) is 0 Å². The van der Waals surface area contributed by atoms with E-state index in [0.29, 0.717) is 17.7 Å². The van der Waals surface area contributed by atoms with E-state index in [1.807, 2.05) is 24.3 Å². The van der Waals surface area contributed by atoms with E-state index in [9.17, 15) is 9.59 Å². The van der Waals surface area contributed by atoms with Gasteiger partial charge < -0.3 is 9.47 Å². The molecule has 0 saturated heterocycles. The molecule has 0 radical (unpaired) electrons. The maximum atomic E-state index is 12.0. The SMILES string of the molecule is CCOC(=O)c1ccccc1Sc1ccccc1C(=O)OC. The second-order valence-corrected chi connectivity index (χ2v) is 5.39. The van der Waals surface area contributed by atoms with Crippen molar-refractivity contribution in [3.05, 3.63) is 59.7 Å². The number of methoxy groups -OCH3 is 1. The molecule has 4 nitrogen and oxygen atoms in total. The van der Waals surface area contributed by atoms with E-state index in [1.165, 1.54) is 18.9 Å². The first-order valence-corrected chi connectivity index (χ1v) is 7.60. The van der Waals surface area contributed by atoms with Gasteiger partial charge in [-0.05, 0) is 31.2 Å². The second kappa shape index (κ2) is 7.66. The molecule has 0 aliphatic heterocycles. The average Bonchev–Trinajstić information content (AvgIpc) is 2.55. The van der Waals surface area contributed by atoms with Crippen LogP contribution in [0.1, 0.15) is 27.6 Å². The molecule has 22 heavy (non-hydrogen) atoms. The van der Waals surface area contributed by atoms with E-state index >= 15 is 0 Å². The fourth-order valence-corrected chi connectivity index (χ4v) is 2.94. The van der Waals surface area contributed by atoms with Crippen molar-refractivity contribution in [2.45, 2.75) is 16.7 Å². The van der Waals surface area contributed by atoms with Gasteiger partial charge >= 0.3 is 11.9 Å². The summed E-state index contributed by atoms with van der Waals surface area (Å²) in [6.07, 6.45) is 0. The monoisotopic (exact) mass is 316 g/mol. The van der Waals surface area contributed by atoms with Crippen LogP contribution in [0.5, 0.6) is 0 Å². The molecule has 2 aromatic carbocycles. The maximum Gasteiger partial charge on any atom is 0.339 e. The number of ether oxygens (including phenoxy) is 2. The number of hydrogen-bond donors (Lipinski definition) is 0. The fraction of sp³-hybridized carbons (Fsp3) is 0.176. The van der Waals surface area contributed by atoms with Gasteiger partial charge in [-0.2, -0.15) is 0 Å². The molecule has 5 heteroatoms. The highest BCUT2D eigenvalue weighted by atomic mass is 32.2. The van der Waals surface area contributed by atoms with Gasteiger partial charge in [-0.3, -0.25) is 0 Å². The lowest BCUT2D eigenvalue weighted by Gasteiger charge is -2.10. The summed E-state index contributed by atoms with van der Waals surface area (Å²) >= 11 is 1.34. The first-order valence-electron chi connectivity index (χ1n) is 6.78. The van der Waals surface area contributed by atoms with Crippen LogP contribution in [0.2, 0.25) is 0 Å². The van der Waals surface area contributed by atoms with Crippen molar-refractivity contribution < 1.29 is 19.1 Å². The molecule has 0 heterocycles. The third-order valence-corrected chi connectivity index (χ3v) is 4.05. The highest BCUT2D eigenvalue weighted by Crippen LogP contribution is 2.33. The highest BCUT2D eigenvalue weighted by molar-refractivity contribution is 7.99. The van der Waals surface area contributed by atoms with Crippen molar-refractivity contribution in [1.29, 1.82) is 0 Å². The van der Waals surface area contributed by atoms with Crippen LogP contribution in [0, 0.1) is 0 Å². The van der Waals surface area contributed by atoms with Gasteiger partial charge in [-0.15, -0.1) is 0 Å². The molecule has 0 aliphatic carbocycles. The minimum Gasteiger partial charge on any atom is -0.465 e. The Morgan fingerprint density at radius 3 is 1.91 bits per heavy atom. The smallest absolute Gasteiger partial charge is 0.339 e. The number of rotatable bonds is 5.